The third-order valence-corrected chi connectivity index (χ3v) is 5.09. The van der Waals surface area contributed by atoms with Gasteiger partial charge in [0.05, 0.1) is 17.0 Å². The monoisotopic (exact) mass is 364 g/mol. The van der Waals surface area contributed by atoms with E-state index < -0.39 is 11.2 Å². The molecule has 0 saturated heterocycles. The molecule has 1 aliphatic rings. The molecule has 7 heteroatoms. The quantitative estimate of drug-likeness (QED) is 0.760. The third-order valence-electron chi connectivity index (χ3n) is 5.09. The van der Waals surface area contributed by atoms with E-state index in [4.69, 9.17) is 0 Å². The summed E-state index contributed by atoms with van der Waals surface area (Å²) in [5.74, 6) is 0.152. The summed E-state index contributed by atoms with van der Waals surface area (Å²) in [4.78, 5) is 41.4. The number of aryl methyl sites for hydroxylation is 1. The van der Waals surface area contributed by atoms with Gasteiger partial charge < -0.3 is 5.32 Å². The second-order valence-corrected chi connectivity index (χ2v) is 7.00. The number of fused-ring (bicyclic) bond motifs is 1. The van der Waals surface area contributed by atoms with Crippen molar-refractivity contribution >= 4 is 16.9 Å². The predicted octanol–water partition coefficient (Wildman–Crippen LogP) is 1.51. The average molecular weight is 364 g/mol. The molecule has 0 unspecified atom stereocenters. The van der Waals surface area contributed by atoms with Crippen molar-refractivity contribution < 1.29 is 4.79 Å². The molecule has 4 rings (SSSR count). The molecule has 1 aromatic carbocycles. The van der Waals surface area contributed by atoms with Crippen LogP contribution in [0.5, 0.6) is 0 Å². The molecule has 1 N–H and O–H groups in total. The van der Waals surface area contributed by atoms with Gasteiger partial charge in [0.25, 0.3) is 11.5 Å². The van der Waals surface area contributed by atoms with Crippen molar-refractivity contribution in [1.29, 1.82) is 0 Å². The highest BCUT2D eigenvalue weighted by Crippen LogP contribution is 2.41. The summed E-state index contributed by atoms with van der Waals surface area (Å²) in [6.45, 7) is 0. The fraction of sp³-hybridized carbons (Fsp3) is 0.300. The molecule has 0 aliphatic heterocycles. The lowest BCUT2D eigenvalue weighted by molar-refractivity contribution is 0.0931. The number of hydrogen-bond acceptors (Lipinski definition) is 4. The van der Waals surface area contributed by atoms with Crippen molar-refractivity contribution in [2.24, 2.45) is 20.0 Å². The van der Waals surface area contributed by atoms with Crippen LogP contribution in [0.4, 0.5) is 0 Å². The maximum atomic E-state index is 12.8. The van der Waals surface area contributed by atoms with Crippen LogP contribution in [0.1, 0.15) is 34.8 Å². The molecule has 1 saturated carbocycles. The normalized spacial score (nSPS) is 14.9. The standard InChI is InChI=1S/C20H20N4O3/c1-23-17-15(19(26)24(2)20(23)27)10-14(11-21-17)18(25)22-16(13-8-9-13)12-6-4-3-5-7-12/h3-7,10-11,13,16H,8-9H2,1-2H3,(H,22,25)/t16-/m1/s1. The first-order chi connectivity index (χ1) is 13.0. The van der Waals surface area contributed by atoms with E-state index in [2.05, 4.69) is 10.3 Å². The van der Waals surface area contributed by atoms with E-state index in [1.807, 2.05) is 30.3 Å². The Hall–Kier alpha value is -3.22. The Labute approximate surface area is 155 Å². The van der Waals surface area contributed by atoms with Crippen molar-refractivity contribution in [1.82, 2.24) is 19.4 Å². The Morgan fingerprint density at radius 3 is 2.52 bits per heavy atom. The Morgan fingerprint density at radius 1 is 1.15 bits per heavy atom. The lowest BCUT2D eigenvalue weighted by Gasteiger charge is -2.19. The second kappa shape index (κ2) is 6.50. The Bertz CT molecular complexity index is 1140. The fourth-order valence-electron chi connectivity index (χ4n) is 3.38. The number of aromatic nitrogens is 3. The number of nitrogens with one attached hydrogen (secondary N) is 1. The molecule has 2 aromatic heterocycles. The number of nitrogens with zero attached hydrogens (tertiary/aromatic N) is 3. The molecule has 7 nitrogen and oxygen atoms in total. The summed E-state index contributed by atoms with van der Waals surface area (Å²) in [5.41, 5.74) is 0.730. The van der Waals surface area contributed by atoms with Crippen LogP contribution in [0.2, 0.25) is 0 Å². The highest BCUT2D eigenvalue weighted by Gasteiger charge is 2.33. The number of rotatable bonds is 4. The topological polar surface area (TPSA) is 86.0 Å². The van der Waals surface area contributed by atoms with Gasteiger partial charge in [-0.1, -0.05) is 30.3 Å². The minimum atomic E-state index is -0.461. The molecule has 0 radical (unpaired) electrons. The van der Waals surface area contributed by atoms with Crippen LogP contribution in [0.3, 0.4) is 0 Å². The molecule has 1 aliphatic carbocycles. The SMILES string of the molecule is Cn1c(=O)c2cc(C(=O)N[C@H](c3ccccc3)C3CC3)cnc2n(C)c1=O. The zero-order chi connectivity index (χ0) is 19.1. The van der Waals surface area contributed by atoms with E-state index in [-0.39, 0.29) is 23.0 Å². The summed E-state index contributed by atoms with van der Waals surface area (Å²) in [5, 5.41) is 3.33. The van der Waals surface area contributed by atoms with Gasteiger partial charge in [-0.15, -0.1) is 0 Å². The molecule has 3 aromatic rings. The second-order valence-electron chi connectivity index (χ2n) is 7.00. The zero-order valence-corrected chi connectivity index (χ0v) is 15.2. The number of pyridine rings is 1. The molecule has 0 bridgehead atoms. The van der Waals surface area contributed by atoms with Gasteiger partial charge in [-0.2, -0.15) is 0 Å². The van der Waals surface area contributed by atoms with Gasteiger partial charge in [0.15, 0.2) is 0 Å². The number of carbonyl (C=O) groups is 1. The Morgan fingerprint density at radius 2 is 1.85 bits per heavy atom. The molecule has 27 heavy (non-hydrogen) atoms. The first-order valence-electron chi connectivity index (χ1n) is 8.89. The maximum Gasteiger partial charge on any atom is 0.332 e. The Balaban J connectivity index is 1.70. The highest BCUT2D eigenvalue weighted by atomic mass is 16.2. The van der Waals surface area contributed by atoms with E-state index in [0.717, 1.165) is 23.0 Å². The van der Waals surface area contributed by atoms with Crippen molar-refractivity contribution in [2.75, 3.05) is 0 Å². The molecule has 1 amide bonds. The first-order valence-corrected chi connectivity index (χ1v) is 8.89. The van der Waals surface area contributed by atoms with Crippen LogP contribution in [-0.2, 0) is 14.1 Å². The molecular weight excluding hydrogens is 344 g/mol. The molecular formula is C20H20N4O3. The Kier molecular flexibility index (Phi) is 4.14. The number of benzene rings is 1. The van der Waals surface area contributed by atoms with Crippen molar-refractivity contribution in [3.63, 3.8) is 0 Å². The number of amides is 1. The van der Waals surface area contributed by atoms with Crippen molar-refractivity contribution in [3.8, 4) is 0 Å². The van der Waals surface area contributed by atoms with Crippen molar-refractivity contribution in [2.45, 2.75) is 18.9 Å². The van der Waals surface area contributed by atoms with Gasteiger partial charge >= 0.3 is 5.69 Å². The van der Waals surface area contributed by atoms with Gasteiger partial charge in [0, 0.05) is 20.3 Å². The van der Waals surface area contributed by atoms with E-state index in [1.165, 1.54) is 23.9 Å². The van der Waals surface area contributed by atoms with Crippen LogP contribution in [0.15, 0.2) is 52.2 Å². The summed E-state index contributed by atoms with van der Waals surface area (Å²) < 4.78 is 2.32. The lowest BCUT2D eigenvalue weighted by Crippen LogP contribution is -2.37. The smallest absolute Gasteiger partial charge is 0.332 e. The van der Waals surface area contributed by atoms with Gasteiger partial charge in [-0.3, -0.25) is 18.7 Å². The highest BCUT2D eigenvalue weighted by molar-refractivity contribution is 5.97. The van der Waals surface area contributed by atoms with Gasteiger partial charge in [-0.25, -0.2) is 9.78 Å². The van der Waals surface area contributed by atoms with Gasteiger partial charge in [0.1, 0.15) is 5.65 Å². The van der Waals surface area contributed by atoms with Gasteiger partial charge in [-0.05, 0) is 30.4 Å². The lowest BCUT2D eigenvalue weighted by atomic mass is 10.0. The van der Waals surface area contributed by atoms with Crippen LogP contribution in [0.25, 0.3) is 11.0 Å². The summed E-state index contributed by atoms with van der Waals surface area (Å²) >= 11 is 0. The predicted molar refractivity (Wildman–Crippen MR) is 102 cm³/mol. The van der Waals surface area contributed by atoms with E-state index in [9.17, 15) is 14.4 Å². The zero-order valence-electron chi connectivity index (χ0n) is 15.2. The summed E-state index contributed by atoms with van der Waals surface area (Å²) in [6, 6.07) is 11.3. The maximum absolute atomic E-state index is 12.8. The summed E-state index contributed by atoms with van der Waals surface area (Å²) in [7, 11) is 2.96. The molecule has 2 heterocycles. The first kappa shape index (κ1) is 17.2. The van der Waals surface area contributed by atoms with Crippen LogP contribution < -0.4 is 16.6 Å². The minimum Gasteiger partial charge on any atom is -0.345 e. The minimum absolute atomic E-state index is 0.0580. The van der Waals surface area contributed by atoms with E-state index >= 15 is 0 Å². The van der Waals surface area contributed by atoms with E-state index in [0.29, 0.717) is 11.5 Å². The summed E-state index contributed by atoms with van der Waals surface area (Å²) in [6.07, 6.45) is 3.57. The van der Waals surface area contributed by atoms with Crippen LogP contribution >= 0.6 is 0 Å². The molecule has 1 fully saturated rings. The molecule has 138 valence electrons. The largest absolute Gasteiger partial charge is 0.345 e. The van der Waals surface area contributed by atoms with Gasteiger partial charge in [0.2, 0.25) is 0 Å². The molecule has 1 atom stereocenters. The molecule has 0 spiro atoms. The number of hydrogen-bond donors (Lipinski definition) is 1. The number of carbonyl (C=O) groups excluding carboxylic acids is 1. The fourth-order valence-corrected chi connectivity index (χ4v) is 3.38. The third kappa shape index (κ3) is 3.05. The van der Waals surface area contributed by atoms with E-state index in [1.54, 1.807) is 7.05 Å². The van der Waals surface area contributed by atoms with Crippen molar-refractivity contribution in [3.05, 3.63) is 74.6 Å². The van der Waals surface area contributed by atoms with Crippen LogP contribution in [0, 0.1) is 5.92 Å². The van der Waals surface area contributed by atoms with Crippen LogP contribution in [-0.4, -0.2) is 20.0 Å². The average Bonchev–Trinajstić information content (AvgIpc) is 3.54.